The van der Waals surface area contributed by atoms with E-state index >= 15 is 0 Å². The number of esters is 2. The summed E-state index contributed by atoms with van der Waals surface area (Å²) in [7, 11) is 0. The van der Waals surface area contributed by atoms with Crippen LogP contribution in [0.4, 0.5) is 0 Å². The number of carbonyl (C=O) groups is 2. The molecule has 0 spiro atoms. The average Bonchev–Trinajstić information content (AvgIpc) is 2.83. The molecule has 0 saturated carbocycles. The quantitative estimate of drug-likeness (QED) is 0.159. The van der Waals surface area contributed by atoms with Crippen LogP contribution < -0.4 is 5.73 Å². The van der Waals surface area contributed by atoms with Gasteiger partial charge in [0.25, 0.3) is 0 Å². The largest absolute Gasteiger partial charge is 0.462 e. The maximum atomic E-state index is 12.2. The van der Waals surface area contributed by atoms with Gasteiger partial charge in [0.05, 0.1) is 56.3 Å². The molecule has 0 rings (SSSR count). The molecule has 0 radical (unpaired) electrons. The zero-order valence-electron chi connectivity index (χ0n) is 23.0. The minimum Gasteiger partial charge on any atom is -0.462 e. The molecule has 7 heteroatoms. The van der Waals surface area contributed by atoms with Gasteiger partial charge in [0.1, 0.15) is 0 Å². The smallest absolute Gasteiger partial charge is 0.335 e. The van der Waals surface area contributed by atoms with Crippen LogP contribution in [0.15, 0.2) is 24.3 Å². The van der Waals surface area contributed by atoms with E-state index in [-0.39, 0.29) is 37.6 Å². The first-order valence-electron chi connectivity index (χ1n) is 13.2. The zero-order valence-corrected chi connectivity index (χ0v) is 23.0. The van der Waals surface area contributed by atoms with Gasteiger partial charge in [-0.15, -0.1) is 0 Å². The molecule has 0 aliphatic heterocycles. The van der Waals surface area contributed by atoms with Gasteiger partial charge in [0.2, 0.25) is 0 Å². The third-order valence-corrected chi connectivity index (χ3v) is 5.98. The van der Waals surface area contributed by atoms with Crippen LogP contribution in [-0.2, 0) is 28.5 Å². The molecular formula is C28H51NO6. The number of hydrogen-bond donors (Lipinski definition) is 1. The topological polar surface area (TPSA) is 97.1 Å². The summed E-state index contributed by atoms with van der Waals surface area (Å²) < 4.78 is 21.9. The van der Waals surface area contributed by atoms with Crippen molar-refractivity contribution in [1.82, 2.24) is 0 Å². The van der Waals surface area contributed by atoms with Crippen LogP contribution in [0.1, 0.15) is 86.0 Å². The van der Waals surface area contributed by atoms with Crippen molar-refractivity contribution in [1.29, 1.82) is 0 Å². The highest BCUT2D eigenvalue weighted by Crippen LogP contribution is 2.15. The van der Waals surface area contributed by atoms with Gasteiger partial charge < -0.3 is 24.7 Å². The lowest BCUT2D eigenvalue weighted by Crippen LogP contribution is -2.46. The minimum atomic E-state index is -0.810. The molecule has 0 aliphatic rings. The van der Waals surface area contributed by atoms with Gasteiger partial charge in [-0.3, -0.25) is 0 Å². The van der Waals surface area contributed by atoms with Crippen molar-refractivity contribution in [3.05, 3.63) is 24.3 Å². The van der Waals surface area contributed by atoms with Crippen molar-refractivity contribution in [2.24, 2.45) is 17.6 Å². The summed E-state index contributed by atoms with van der Waals surface area (Å²) in [6.45, 7) is 19.0. The summed E-state index contributed by atoms with van der Waals surface area (Å²) in [6, 6.07) is 0. The van der Waals surface area contributed by atoms with Crippen LogP contribution in [0, 0.1) is 11.8 Å². The van der Waals surface area contributed by atoms with Gasteiger partial charge in [-0.25, -0.2) is 9.59 Å². The number of nitrogens with two attached hydrogens (primary N) is 1. The second-order valence-electron chi connectivity index (χ2n) is 9.88. The first-order chi connectivity index (χ1) is 16.6. The zero-order chi connectivity index (χ0) is 26.7. The van der Waals surface area contributed by atoms with Crippen molar-refractivity contribution in [3.63, 3.8) is 0 Å². The van der Waals surface area contributed by atoms with Crippen molar-refractivity contribution in [3.8, 4) is 0 Å². The highest BCUT2D eigenvalue weighted by atomic mass is 16.5. The van der Waals surface area contributed by atoms with E-state index in [4.69, 9.17) is 24.7 Å². The Bertz CT molecular complexity index is 579. The second kappa shape index (κ2) is 19.5. The molecule has 35 heavy (non-hydrogen) atoms. The van der Waals surface area contributed by atoms with Crippen LogP contribution in [0.2, 0.25) is 0 Å². The third-order valence-electron chi connectivity index (χ3n) is 5.98. The summed E-state index contributed by atoms with van der Waals surface area (Å²) in [5, 5.41) is 0. The number of ether oxygens (including phenoxy) is 4. The predicted octanol–water partition coefficient (Wildman–Crippen LogP) is 5.37. The molecule has 2 atom stereocenters. The Labute approximate surface area is 213 Å². The molecule has 2 N–H and O–H groups in total. The van der Waals surface area contributed by atoms with Gasteiger partial charge in [0.15, 0.2) is 0 Å². The van der Waals surface area contributed by atoms with E-state index < -0.39 is 17.5 Å². The fourth-order valence-electron chi connectivity index (χ4n) is 3.36. The normalized spacial score (nSPS) is 14.6. The van der Waals surface area contributed by atoms with Gasteiger partial charge >= 0.3 is 11.9 Å². The standard InChI is InChI=1S/C28H51NO6/c1-8-12-14-24(10-3)18-34-26(30)22(5)16-32-20-28(7,29)21-33-17-23(6)27(31)35-19-25(11-4)15-13-9-2/h24-25H,5-6,8-21,29H2,1-4,7H3. The summed E-state index contributed by atoms with van der Waals surface area (Å²) in [5.41, 5.74) is 5.93. The third kappa shape index (κ3) is 16.6. The molecule has 0 saturated heterocycles. The van der Waals surface area contributed by atoms with Gasteiger partial charge in [-0.05, 0) is 31.6 Å². The second-order valence-corrected chi connectivity index (χ2v) is 9.88. The van der Waals surface area contributed by atoms with E-state index in [9.17, 15) is 9.59 Å². The van der Waals surface area contributed by atoms with Crippen LogP contribution >= 0.6 is 0 Å². The Morgan fingerprint density at radius 2 is 1.14 bits per heavy atom. The van der Waals surface area contributed by atoms with Crippen molar-refractivity contribution >= 4 is 11.9 Å². The van der Waals surface area contributed by atoms with Crippen molar-refractivity contribution in [2.45, 2.75) is 91.5 Å². The maximum Gasteiger partial charge on any atom is 0.335 e. The molecule has 2 unspecified atom stereocenters. The molecule has 204 valence electrons. The first-order valence-corrected chi connectivity index (χ1v) is 13.2. The molecule has 0 aromatic carbocycles. The fourth-order valence-corrected chi connectivity index (χ4v) is 3.36. The van der Waals surface area contributed by atoms with Gasteiger partial charge in [0, 0.05) is 0 Å². The van der Waals surface area contributed by atoms with Crippen LogP contribution in [0.25, 0.3) is 0 Å². The molecule has 0 amide bonds. The molecule has 0 fully saturated rings. The molecule has 0 aromatic heterocycles. The monoisotopic (exact) mass is 497 g/mol. The van der Waals surface area contributed by atoms with Crippen LogP contribution in [-0.4, -0.2) is 57.1 Å². The summed E-state index contributed by atoms with van der Waals surface area (Å²) in [4.78, 5) is 24.3. The van der Waals surface area contributed by atoms with Crippen LogP contribution in [0.5, 0.6) is 0 Å². The SMILES string of the molecule is C=C(COCC(C)(N)COCC(=C)C(=O)OCC(CC)CCCC)C(=O)OCC(CC)CCCC. The van der Waals surface area contributed by atoms with Gasteiger partial charge in [-0.2, -0.15) is 0 Å². The Morgan fingerprint density at radius 3 is 1.46 bits per heavy atom. The Balaban J connectivity index is 4.19. The number of carbonyl (C=O) groups excluding carboxylic acids is 2. The maximum absolute atomic E-state index is 12.2. The first kappa shape index (κ1) is 33.3. The molecule has 0 heterocycles. The highest BCUT2D eigenvalue weighted by Gasteiger charge is 2.22. The molecule has 0 bridgehead atoms. The van der Waals surface area contributed by atoms with Crippen molar-refractivity contribution < 1.29 is 28.5 Å². The minimum absolute atomic E-state index is 0.0348. The van der Waals surface area contributed by atoms with Gasteiger partial charge in [-0.1, -0.05) is 79.4 Å². The molecule has 0 aromatic rings. The fraction of sp³-hybridized carbons (Fsp3) is 0.786. The predicted molar refractivity (Wildman–Crippen MR) is 141 cm³/mol. The summed E-state index contributed by atoms with van der Waals surface area (Å²) >= 11 is 0. The lowest BCUT2D eigenvalue weighted by atomic mass is 10.0. The summed E-state index contributed by atoms with van der Waals surface area (Å²) in [5.74, 6) is -0.133. The Hall–Kier alpha value is -1.70. The Morgan fingerprint density at radius 1 is 0.771 bits per heavy atom. The molecular weight excluding hydrogens is 446 g/mol. The van der Waals surface area contributed by atoms with E-state index in [0.717, 1.165) is 51.4 Å². The van der Waals surface area contributed by atoms with E-state index in [1.54, 1.807) is 6.92 Å². The lowest BCUT2D eigenvalue weighted by molar-refractivity contribution is -0.142. The van der Waals surface area contributed by atoms with E-state index in [1.165, 1.54) is 0 Å². The van der Waals surface area contributed by atoms with Crippen molar-refractivity contribution in [2.75, 3.05) is 39.6 Å². The number of rotatable bonds is 22. The average molecular weight is 498 g/mol. The molecule has 0 aliphatic carbocycles. The van der Waals surface area contributed by atoms with E-state index in [2.05, 4.69) is 40.9 Å². The van der Waals surface area contributed by atoms with E-state index in [1.807, 2.05) is 0 Å². The van der Waals surface area contributed by atoms with E-state index in [0.29, 0.717) is 25.0 Å². The highest BCUT2D eigenvalue weighted by molar-refractivity contribution is 5.88. The lowest BCUT2D eigenvalue weighted by Gasteiger charge is -2.24. The summed E-state index contributed by atoms with van der Waals surface area (Å²) in [6.07, 6.45) is 8.57. The number of unbranched alkanes of at least 4 members (excludes halogenated alkanes) is 2. The molecule has 7 nitrogen and oxygen atoms in total. The van der Waals surface area contributed by atoms with Crippen LogP contribution in [0.3, 0.4) is 0 Å². The Kier molecular flexibility index (Phi) is 18.5. The number of hydrogen-bond acceptors (Lipinski definition) is 7.